The van der Waals surface area contributed by atoms with Crippen LogP contribution in [0.2, 0.25) is 0 Å². The first-order chi connectivity index (χ1) is 33.2. The number of para-hydroxylation sites is 5. The summed E-state index contributed by atoms with van der Waals surface area (Å²) in [5.74, 6) is 0. The van der Waals surface area contributed by atoms with Gasteiger partial charge in [0.1, 0.15) is 11.2 Å². The fourth-order valence-corrected chi connectivity index (χ4v) is 10.2. The second-order valence-electron chi connectivity index (χ2n) is 17.3. The van der Waals surface area contributed by atoms with Crippen LogP contribution in [0.3, 0.4) is 0 Å². The van der Waals surface area contributed by atoms with Gasteiger partial charge in [-0.05, 0) is 117 Å². The van der Waals surface area contributed by atoms with E-state index in [1.165, 1.54) is 49.3 Å². The van der Waals surface area contributed by atoms with Gasteiger partial charge in [0.25, 0.3) is 0 Å². The lowest BCUT2D eigenvalue weighted by Crippen LogP contribution is -2.10. The molecular formula is C64H42N2O. The summed E-state index contributed by atoms with van der Waals surface area (Å²) in [6, 6.07) is 91.9. The minimum Gasteiger partial charge on any atom is -0.455 e. The normalized spacial score (nSPS) is 11.6. The molecule has 11 aromatic carbocycles. The third kappa shape index (κ3) is 6.67. The molecule has 13 aromatic rings. The van der Waals surface area contributed by atoms with Crippen molar-refractivity contribution in [1.29, 1.82) is 0 Å². The average molecular weight is 855 g/mol. The number of furan rings is 1. The molecule has 0 saturated carbocycles. The molecular weight excluding hydrogens is 813 g/mol. The molecule has 0 N–H and O–H groups in total. The molecule has 13 rings (SSSR count). The van der Waals surface area contributed by atoms with Gasteiger partial charge in [0.05, 0.1) is 16.7 Å². The number of fused-ring (bicyclic) bond motifs is 7. The molecule has 67 heavy (non-hydrogen) atoms. The highest BCUT2D eigenvalue weighted by Crippen LogP contribution is 2.43. The van der Waals surface area contributed by atoms with Crippen molar-refractivity contribution in [3.63, 3.8) is 0 Å². The topological polar surface area (TPSA) is 21.3 Å². The van der Waals surface area contributed by atoms with Crippen molar-refractivity contribution in [1.82, 2.24) is 4.57 Å². The highest BCUT2D eigenvalue weighted by Gasteiger charge is 2.19. The van der Waals surface area contributed by atoms with Crippen LogP contribution in [-0.4, -0.2) is 4.57 Å². The quantitative estimate of drug-likeness (QED) is 0.152. The summed E-state index contributed by atoms with van der Waals surface area (Å²) < 4.78 is 8.95. The van der Waals surface area contributed by atoms with Gasteiger partial charge in [0, 0.05) is 49.7 Å². The Balaban J connectivity index is 0.909. The molecule has 2 aromatic heterocycles. The van der Waals surface area contributed by atoms with E-state index in [4.69, 9.17) is 4.42 Å². The molecule has 0 spiro atoms. The van der Waals surface area contributed by atoms with Gasteiger partial charge in [-0.2, -0.15) is 0 Å². The molecule has 314 valence electrons. The van der Waals surface area contributed by atoms with Gasteiger partial charge < -0.3 is 13.9 Å². The molecule has 0 saturated heterocycles. The van der Waals surface area contributed by atoms with Gasteiger partial charge in [-0.1, -0.05) is 182 Å². The van der Waals surface area contributed by atoms with Gasteiger partial charge in [-0.25, -0.2) is 0 Å². The summed E-state index contributed by atoms with van der Waals surface area (Å²) in [5.41, 5.74) is 17.7. The molecule has 0 amide bonds. The van der Waals surface area contributed by atoms with E-state index in [9.17, 15) is 0 Å². The Bertz CT molecular complexity index is 3950. The Hall–Kier alpha value is -8.92. The molecule has 0 aliphatic heterocycles. The molecule has 0 atom stereocenters. The first-order valence-electron chi connectivity index (χ1n) is 22.9. The third-order valence-electron chi connectivity index (χ3n) is 13.4. The van der Waals surface area contributed by atoms with Crippen LogP contribution in [0.5, 0.6) is 0 Å². The molecule has 3 heteroatoms. The molecule has 0 fully saturated rings. The Kier molecular flexibility index (Phi) is 9.17. The largest absolute Gasteiger partial charge is 0.455 e. The van der Waals surface area contributed by atoms with E-state index in [2.05, 4.69) is 252 Å². The third-order valence-corrected chi connectivity index (χ3v) is 13.4. The van der Waals surface area contributed by atoms with E-state index in [0.29, 0.717) is 0 Å². The van der Waals surface area contributed by atoms with E-state index >= 15 is 0 Å². The molecule has 0 unspecified atom stereocenters. The van der Waals surface area contributed by atoms with Crippen molar-refractivity contribution in [2.75, 3.05) is 4.90 Å². The molecule has 2 heterocycles. The summed E-state index contributed by atoms with van der Waals surface area (Å²) in [6.45, 7) is 0. The van der Waals surface area contributed by atoms with Gasteiger partial charge in [0.2, 0.25) is 0 Å². The zero-order valence-corrected chi connectivity index (χ0v) is 36.6. The number of nitrogens with zero attached hydrogens (tertiary/aromatic N) is 2. The average Bonchev–Trinajstić information content (AvgIpc) is 3.95. The Morgan fingerprint density at radius 2 is 0.821 bits per heavy atom. The summed E-state index contributed by atoms with van der Waals surface area (Å²) >= 11 is 0. The SMILES string of the molecule is c1cc(-c2ccc(N(c3cccc(-c4ccc5ccccc5c4)c3)c3cccc(-c4cccc5c4oc4ccccc45)c3)cc2)cc(-c2ccccc2-n2c3ccccc3c3ccccc32)c1. The highest BCUT2D eigenvalue weighted by atomic mass is 16.3. The lowest BCUT2D eigenvalue weighted by Gasteiger charge is -2.27. The summed E-state index contributed by atoms with van der Waals surface area (Å²) in [4.78, 5) is 2.37. The second kappa shape index (κ2) is 16.0. The van der Waals surface area contributed by atoms with E-state index in [0.717, 1.165) is 72.5 Å². The van der Waals surface area contributed by atoms with E-state index in [1.54, 1.807) is 0 Å². The molecule has 0 radical (unpaired) electrons. The summed E-state index contributed by atoms with van der Waals surface area (Å²) in [6.07, 6.45) is 0. The van der Waals surface area contributed by atoms with Crippen molar-refractivity contribution in [3.8, 4) is 50.2 Å². The van der Waals surface area contributed by atoms with Crippen LogP contribution in [0.15, 0.2) is 259 Å². The minimum atomic E-state index is 0.895. The maximum atomic E-state index is 6.54. The minimum absolute atomic E-state index is 0.895. The Morgan fingerprint density at radius 3 is 1.60 bits per heavy atom. The van der Waals surface area contributed by atoms with Gasteiger partial charge in [-0.15, -0.1) is 0 Å². The van der Waals surface area contributed by atoms with Crippen molar-refractivity contribution in [2.24, 2.45) is 0 Å². The Morgan fingerprint density at radius 1 is 0.299 bits per heavy atom. The molecule has 0 aliphatic carbocycles. The fourth-order valence-electron chi connectivity index (χ4n) is 10.2. The molecule has 0 aliphatic rings. The van der Waals surface area contributed by atoms with Crippen molar-refractivity contribution in [2.45, 2.75) is 0 Å². The maximum absolute atomic E-state index is 6.54. The number of rotatable bonds is 8. The van der Waals surface area contributed by atoms with Crippen LogP contribution in [0, 0.1) is 0 Å². The smallest absolute Gasteiger partial charge is 0.143 e. The standard InChI is InChI=1S/C64H42N2O/c1-2-16-45-39-48(34-33-43(45)15-1)47-18-12-21-52(41-47)65(53-22-13-20-50(42-53)55-27-14-28-59-58-26-6-10-32-63(58)67-64(55)59)51-37-35-44(36-38-51)46-17-11-19-49(40-46)54-23-3-7-29-60(54)66-61-30-8-4-24-56(61)57-25-5-9-31-62(57)66/h1-42H. The van der Waals surface area contributed by atoms with E-state index < -0.39 is 0 Å². The van der Waals surface area contributed by atoms with Crippen LogP contribution >= 0.6 is 0 Å². The van der Waals surface area contributed by atoms with Crippen LogP contribution < -0.4 is 4.90 Å². The van der Waals surface area contributed by atoms with Crippen molar-refractivity contribution >= 4 is 71.6 Å². The molecule has 3 nitrogen and oxygen atoms in total. The Labute approximate surface area is 388 Å². The number of benzene rings is 11. The zero-order chi connectivity index (χ0) is 44.3. The zero-order valence-electron chi connectivity index (χ0n) is 36.6. The van der Waals surface area contributed by atoms with Crippen LogP contribution in [-0.2, 0) is 0 Å². The monoisotopic (exact) mass is 854 g/mol. The number of hydrogen-bond donors (Lipinski definition) is 0. The number of hydrogen-bond acceptors (Lipinski definition) is 2. The fraction of sp³-hybridized carbons (Fsp3) is 0. The van der Waals surface area contributed by atoms with Crippen molar-refractivity contribution < 1.29 is 4.42 Å². The lowest BCUT2D eigenvalue weighted by molar-refractivity contribution is 0.670. The van der Waals surface area contributed by atoms with Crippen molar-refractivity contribution in [3.05, 3.63) is 255 Å². The summed E-state index contributed by atoms with van der Waals surface area (Å²) in [7, 11) is 0. The summed E-state index contributed by atoms with van der Waals surface area (Å²) in [5, 5.41) is 7.22. The van der Waals surface area contributed by atoms with Crippen LogP contribution in [0.1, 0.15) is 0 Å². The van der Waals surface area contributed by atoms with Crippen LogP contribution in [0.25, 0.3) is 105 Å². The predicted molar refractivity (Wildman–Crippen MR) is 282 cm³/mol. The maximum Gasteiger partial charge on any atom is 0.143 e. The number of aromatic nitrogens is 1. The van der Waals surface area contributed by atoms with Gasteiger partial charge >= 0.3 is 0 Å². The molecule has 0 bridgehead atoms. The van der Waals surface area contributed by atoms with E-state index in [1.807, 2.05) is 12.1 Å². The first-order valence-corrected chi connectivity index (χ1v) is 22.9. The number of anilines is 3. The second-order valence-corrected chi connectivity index (χ2v) is 17.3. The first kappa shape index (κ1) is 38.5. The van der Waals surface area contributed by atoms with Crippen LogP contribution in [0.4, 0.5) is 17.1 Å². The lowest BCUT2D eigenvalue weighted by atomic mass is 9.97. The highest BCUT2D eigenvalue weighted by molar-refractivity contribution is 6.11. The van der Waals surface area contributed by atoms with Gasteiger partial charge in [-0.3, -0.25) is 0 Å². The van der Waals surface area contributed by atoms with Gasteiger partial charge in [0.15, 0.2) is 0 Å². The predicted octanol–water partition coefficient (Wildman–Crippen LogP) is 18.0. The van der Waals surface area contributed by atoms with E-state index in [-0.39, 0.29) is 0 Å².